The summed E-state index contributed by atoms with van der Waals surface area (Å²) in [5.74, 6) is -0.504. The van der Waals surface area contributed by atoms with Gasteiger partial charge in [0.25, 0.3) is 5.91 Å². The number of hydrogen-bond donors (Lipinski definition) is 3. The zero-order chi connectivity index (χ0) is 22.2. The Morgan fingerprint density at radius 2 is 1.81 bits per heavy atom. The topological polar surface area (TPSA) is 112 Å². The summed E-state index contributed by atoms with van der Waals surface area (Å²) in [7, 11) is 0. The van der Waals surface area contributed by atoms with Crippen molar-refractivity contribution in [2.75, 3.05) is 31.2 Å². The van der Waals surface area contributed by atoms with E-state index < -0.39 is 30.3 Å². The maximum atomic E-state index is 12.1. The van der Waals surface area contributed by atoms with Crippen LogP contribution in [0.15, 0.2) is 42.7 Å². The number of hydrogen-bond acceptors (Lipinski definition) is 7. The number of anilines is 1. The van der Waals surface area contributed by atoms with Gasteiger partial charge in [-0.05, 0) is 43.2 Å². The van der Waals surface area contributed by atoms with Crippen LogP contribution in [0.2, 0.25) is 0 Å². The number of carbonyl (C=O) groups is 1. The Kier molecular flexibility index (Phi) is 7.82. The number of rotatable bonds is 6. The van der Waals surface area contributed by atoms with Crippen LogP contribution in [0.4, 0.5) is 14.6 Å². The molecule has 2 aromatic heterocycles. The van der Waals surface area contributed by atoms with Gasteiger partial charge in [-0.2, -0.15) is 5.10 Å². The van der Waals surface area contributed by atoms with Crippen molar-refractivity contribution in [1.82, 2.24) is 20.1 Å². The molecule has 0 spiro atoms. The zero-order valence-corrected chi connectivity index (χ0v) is 16.6. The van der Waals surface area contributed by atoms with Crippen LogP contribution >= 0.6 is 0 Å². The molecular weight excluding hydrogens is 412 g/mol. The molecule has 166 valence electrons. The lowest BCUT2D eigenvalue weighted by Crippen LogP contribution is -2.30. The highest BCUT2D eigenvalue weighted by molar-refractivity contribution is 5.99. The van der Waals surface area contributed by atoms with Crippen LogP contribution in [0.1, 0.15) is 23.2 Å². The van der Waals surface area contributed by atoms with Crippen LogP contribution in [0, 0.1) is 11.6 Å². The Bertz CT molecular complexity index is 972. The molecule has 0 saturated carbocycles. The van der Waals surface area contributed by atoms with E-state index in [9.17, 15) is 18.7 Å². The zero-order valence-electron chi connectivity index (χ0n) is 16.6. The molecule has 3 N–H and O–H groups in total. The van der Waals surface area contributed by atoms with Gasteiger partial charge in [-0.3, -0.25) is 9.63 Å². The molecule has 3 aromatic rings. The highest BCUT2D eigenvalue weighted by Gasteiger charge is 2.18. The van der Waals surface area contributed by atoms with Crippen LogP contribution < -0.4 is 10.4 Å². The molecule has 1 fully saturated rings. The molecule has 9 nitrogen and oxygen atoms in total. The number of fused-ring (bicyclic) bond motifs is 1. The van der Waals surface area contributed by atoms with E-state index in [0.717, 1.165) is 56.0 Å². The molecule has 1 aromatic carbocycles. The largest absolute Gasteiger partial charge is 0.394 e. The third kappa shape index (κ3) is 6.17. The SMILES string of the molecule is Fc1ccc(F)cc1.O=C(NOCC(O)CO)c1cnn2ccc(N3CCCC3)nc12. The van der Waals surface area contributed by atoms with E-state index in [1.165, 1.54) is 10.7 Å². The van der Waals surface area contributed by atoms with Crippen molar-refractivity contribution in [3.63, 3.8) is 0 Å². The van der Waals surface area contributed by atoms with E-state index in [1.54, 1.807) is 6.20 Å². The first-order valence-electron chi connectivity index (χ1n) is 9.69. The first kappa shape index (κ1) is 22.5. The molecule has 1 aliphatic rings. The van der Waals surface area contributed by atoms with Gasteiger partial charge in [0.2, 0.25) is 0 Å². The number of nitrogens with zero attached hydrogens (tertiary/aromatic N) is 4. The van der Waals surface area contributed by atoms with Crippen molar-refractivity contribution < 1.29 is 28.6 Å². The predicted octanol–water partition coefficient (Wildman–Crippen LogP) is 1.31. The average Bonchev–Trinajstić information content (AvgIpc) is 3.45. The molecule has 1 atom stereocenters. The second-order valence-corrected chi connectivity index (χ2v) is 6.82. The molecule has 1 amide bonds. The predicted molar refractivity (Wildman–Crippen MR) is 107 cm³/mol. The summed E-state index contributed by atoms with van der Waals surface area (Å²) in [6.45, 7) is 1.28. The van der Waals surface area contributed by atoms with Crippen LogP contribution in [0.5, 0.6) is 0 Å². The van der Waals surface area contributed by atoms with E-state index in [0.29, 0.717) is 5.65 Å². The van der Waals surface area contributed by atoms with Crippen LogP contribution in [-0.2, 0) is 4.84 Å². The number of amides is 1. The Labute approximate surface area is 176 Å². The lowest BCUT2D eigenvalue weighted by molar-refractivity contribution is -0.0294. The minimum absolute atomic E-state index is 0.200. The number of aliphatic hydroxyl groups is 2. The van der Waals surface area contributed by atoms with Gasteiger partial charge in [0.15, 0.2) is 5.65 Å². The molecule has 1 saturated heterocycles. The van der Waals surface area contributed by atoms with Crippen molar-refractivity contribution in [1.29, 1.82) is 0 Å². The van der Waals surface area contributed by atoms with Crippen molar-refractivity contribution >= 4 is 17.4 Å². The van der Waals surface area contributed by atoms with Crippen molar-refractivity contribution in [3.8, 4) is 0 Å². The lowest BCUT2D eigenvalue weighted by atomic mass is 10.3. The van der Waals surface area contributed by atoms with Crippen molar-refractivity contribution in [2.24, 2.45) is 0 Å². The minimum Gasteiger partial charge on any atom is -0.394 e. The maximum Gasteiger partial charge on any atom is 0.280 e. The number of halogens is 2. The number of carbonyl (C=O) groups excluding carboxylic acids is 1. The molecular formula is C20H23F2N5O4. The van der Waals surface area contributed by atoms with Gasteiger partial charge in [0.05, 0.1) is 12.8 Å². The van der Waals surface area contributed by atoms with Gasteiger partial charge in [-0.15, -0.1) is 0 Å². The molecule has 0 radical (unpaired) electrons. The number of aliphatic hydroxyl groups excluding tert-OH is 2. The second-order valence-electron chi connectivity index (χ2n) is 6.82. The number of aromatic nitrogens is 3. The summed E-state index contributed by atoms with van der Waals surface area (Å²) < 4.78 is 25.4. The van der Waals surface area contributed by atoms with Crippen molar-refractivity contribution in [3.05, 3.63) is 59.9 Å². The van der Waals surface area contributed by atoms with Gasteiger partial charge in [0, 0.05) is 19.3 Å². The Morgan fingerprint density at radius 1 is 1.16 bits per heavy atom. The van der Waals surface area contributed by atoms with Crippen LogP contribution in [0.25, 0.3) is 5.65 Å². The smallest absolute Gasteiger partial charge is 0.280 e. The number of benzene rings is 1. The first-order chi connectivity index (χ1) is 15.0. The van der Waals surface area contributed by atoms with Gasteiger partial charge in [-0.1, -0.05) is 0 Å². The second kappa shape index (κ2) is 10.8. The summed E-state index contributed by atoms with van der Waals surface area (Å²) in [6.07, 6.45) is 4.42. The van der Waals surface area contributed by atoms with Crippen LogP contribution in [0.3, 0.4) is 0 Å². The third-order valence-corrected chi connectivity index (χ3v) is 4.48. The molecule has 1 unspecified atom stereocenters. The fourth-order valence-corrected chi connectivity index (χ4v) is 2.88. The highest BCUT2D eigenvalue weighted by Crippen LogP contribution is 2.19. The Balaban J connectivity index is 0.000000287. The van der Waals surface area contributed by atoms with Crippen LogP contribution in [-0.4, -0.2) is 63.1 Å². The Hall–Kier alpha value is -3.15. The summed E-state index contributed by atoms with van der Waals surface area (Å²) in [5, 5.41) is 22.0. The molecule has 0 bridgehead atoms. The number of hydroxylamine groups is 1. The summed E-state index contributed by atoms with van der Waals surface area (Å²) >= 11 is 0. The molecule has 1 aliphatic heterocycles. The Morgan fingerprint density at radius 3 is 2.42 bits per heavy atom. The molecule has 0 aliphatic carbocycles. The summed E-state index contributed by atoms with van der Waals surface area (Å²) in [6, 6.07) is 6.19. The molecule has 4 rings (SSSR count). The van der Waals surface area contributed by atoms with E-state index in [1.807, 2.05) is 6.07 Å². The average molecular weight is 435 g/mol. The van der Waals surface area contributed by atoms with Gasteiger partial charge < -0.3 is 15.1 Å². The van der Waals surface area contributed by atoms with E-state index in [-0.39, 0.29) is 12.2 Å². The lowest BCUT2D eigenvalue weighted by Gasteiger charge is -2.16. The van der Waals surface area contributed by atoms with E-state index in [4.69, 9.17) is 9.94 Å². The fraction of sp³-hybridized carbons (Fsp3) is 0.350. The fourth-order valence-electron chi connectivity index (χ4n) is 2.88. The summed E-state index contributed by atoms with van der Waals surface area (Å²) in [4.78, 5) is 23.7. The van der Waals surface area contributed by atoms with Gasteiger partial charge in [0.1, 0.15) is 35.7 Å². The minimum atomic E-state index is -1.04. The van der Waals surface area contributed by atoms with Gasteiger partial charge in [-0.25, -0.2) is 23.8 Å². The van der Waals surface area contributed by atoms with E-state index in [2.05, 4.69) is 20.5 Å². The normalized spacial score (nSPS) is 14.3. The van der Waals surface area contributed by atoms with E-state index >= 15 is 0 Å². The van der Waals surface area contributed by atoms with Gasteiger partial charge >= 0.3 is 0 Å². The standard InChI is InChI=1S/C14H19N5O4.C6H4F2/c20-8-10(21)9-23-17-14(22)11-7-15-19-6-3-12(16-13(11)19)18-4-1-2-5-18;7-5-1-2-6(8)4-3-5/h3,6-7,10,20-21H,1-2,4-5,8-9H2,(H,17,22);1-4H. The quantitative estimate of drug-likeness (QED) is 0.501. The van der Waals surface area contributed by atoms with Crippen molar-refractivity contribution in [2.45, 2.75) is 18.9 Å². The highest BCUT2D eigenvalue weighted by atomic mass is 19.1. The summed E-state index contributed by atoms with van der Waals surface area (Å²) in [5.41, 5.74) is 2.94. The molecule has 3 heterocycles. The molecule has 11 heteroatoms. The molecule has 31 heavy (non-hydrogen) atoms. The third-order valence-electron chi connectivity index (χ3n) is 4.48. The maximum absolute atomic E-state index is 12.1. The number of nitrogens with one attached hydrogen (secondary N) is 1. The monoisotopic (exact) mass is 435 g/mol. The first-order valence-corrected chi connectivity index (χ1v) is 9.69.